The Labute approximate surface area is 162 Å². The van der Waals surface area contributed by atoms with E-state index in [9.17, 15) is 0 Å². The fraction of sp³-hybridized carbons (Fsp3) is 0.381. The summed E-state index contributed by atoms with van der Waals surface area (Å²) in [6, 6.07) is 17.3. The lowest BCUT2D eigenvalue weighted by molar-refractivity contribution is 0.764. The summed E-state index contributed by atoms with van der Waals surface area (Å²) >= 11 is 5.41. The minimum atomic E-state index is 0.467. The molecule has 0 spiro atoms. The van der Waals surface area contributed by atoms with Crippen LogP contribution in [0, 0.1) is 0 Å². The number of hydrogen-bond acceptors (Lipinski definition) is 3. The molecule has 0 bridgehead atoms. The minimum absolute atomic E-state index is 0.467. The molecule has 0 aliphatic carbocycles. The van der Waals surface area contributed by atoms with Gasteiger partial charge in [-0.25, -0.2) is 0 Å². The summed E-state index contributed by atoms with van der Waals surface area (Å²) in [6.07, 6.45) is 2.19. The van der Waals surface area contributed by atoms with E-state index < -0.39 is 0 Å². The molecule has 140 valence electrons. The van der Waals surface area contributed by atoms with E-state index in [4.69, 9.17) is 12.2 Å². The topological polar surface area (TPSA) is 48.1 Å². The number of benzene rings is 2. The highest BCUT2D eigenvalue weighted by Crippen LogP contribution is 2.17. The molecule has 2 rings (SSSR count). The number of thiocarbonyl (C=S) groups is 1. The molecule has 0 aliphatic rings. The highest BCUT2D eigenvalue weighted by Gasteiger charge is 2.03. The predicted octanol–water partition coefficient (Wildman–Crippen LogP) is 5.92. The Bertz CT molecular complexity index is 623. The van der Waals surface area contributed by atoms with Crippen molar-refractivity contribution in [2.24, 2.45) is 0 Å². The molecule has 0 fully saturated rings. The zero-order valence-electron chi connectivity index (χ0n) is 16.1. The van der Waals surface area contributed by atoms with Gasteiger partial charge in [0.05, 0.1) is 0 Å². The first-order chi connectivity index (χ1) is 12.5. The molecule has 0 amide bonds. The molecule has 0 heterocycles. The summed E-state index contributed by atoms with van der Waals surface area (Å²) in [5.41, 5.74) is 4.17. The second-order valence-electron chi connectivity index (χ2n) is 6.64. The van der Waals surface area contributed by atoms with Crippen LogP contribution in [0.5, 0.6) is 0 Å². The van der Waals surface area contributed by atoms with Crippen molar-refractivity contribution in [1.29, 1.82) is 0 Å². The second kappa shape index (κ2) is 10.0. The molecule has 0 aliphatic heterocycles. The van der Waals surface area contributed by atoms with E-state index >= 15 is 0 Å². The fourth-order valence-corrected chi connectivity index (χ4v) is 2.60. The number of hydrogen-bond donors (Lipinski definition) is 4. The number of nitrogens with one attached hydrogen (secondary N) is 4. The van der Waals surface area contributed by atoms with Crippen LogP contribution in [0.2, 0.25) is 0 Å². The molecular formula is C21H30N4S. The van der Waals surface area contributed by atoms with E-state index in [0.717, 1.165) is 35.6 Å². The maximum Gasteiger partial charge on any atom is 0.175 e. The maximum absolute atomic E-state index is 5.41. The second-order valence-corrected chi connectivity index (χ2v) is 7.05. The molecule has 2 aromatic carbocycles. The number of anilines is 4. The Balaban J connectivity index is 1.86. The van der Waals surface area contributed by atoms with E-state index in [-0.39, 0.29) is 0 Å². The van der Waals surface area contributed by atoms with Crippen molar-refractivity contribution in [2.45, 2.75) is 52.6 Å². The van der Waals surface area contributed by atoms with E-state index in [1.54, 1.807) is 0 Å². The van der Waals surface area contributed by atoms with Crippen molar-refractivity contribution < 1.29 is 0 Å². The van der Waals surface area contributed by atoms with Crippen molar-refractivity contribution in [3.8, 4) is 0 Å². The summed E-state index contributed by atoms with van der Waals surface area (Å²) in [7, 11) is 0. The van der Waals surface area contributed by atoms with Gasteiger partial charge in [-0.1, -0.05) is 13.8 Å². The summed E-state index contributed by atoms with van der Waals surface area (Å²) in [5.74, 6) is 0. The van der Waals surface area contributed by atoms with Gasteiger partial charge in [-0.05, 0) is 87.4 Å². The van der Waals surface area contributed by atoms with Crippen LogP contribution >= 0.6 is 12.2 Å². The molecular weight excluding hydrogens is 340 g/mol. The van der Waals surface area contributed by atoms with E-state index in [1.165, 1.54) is 0 Å². The van der Waals surface area contributed by atoms with E-state index in [2.05, 4.69) is 73.2 Å². The van der Waals surface area contributed by atoms with Crippen LogP contribution in [0.15, 0.2) is 48.5 Å². The molecule has 4 nitrogen and oxygen atoms in total. The smallest absolute Gasteiger partial charge is 0.175 e. The van der Waals surface area contributed by atoms with E-state index in [1.807, 2.05) is 24.3 Å². The molecule has 0 saturated carbocycles. The van der Waals surface area contributed by atoms with Crippen molar-refractivity contribution in [3.05, 3.63) is 48.5 Å². The summed E-state index contributed by atoms with van der Waals surface area (Å²) < 4.78 is 0. The SMILES string of the molecule is CCC(C)Nc1ccc(NC(=S)Nc2ccc(NC(C)CC)cc2)cc1. The third-order valence-corrected chi connectivity index (χ3v) is 4.54. The Morgan fingerprint density at radius 1 is 0.692 bits per heavy atom. The standard InChI is InChI=1S/C21H30N4S/c1-5-15(3)22-17-7-11-19(12-8-17)24-21(26)25-20-13-9-18(10-14-20)23-16(4)6-2/h7-16,22-23H,5-6H2,1-4H3,(H2,24,25,26). The Morgan fingerprint density at radius 2 is 1.00 bits per heavy atom. The lowest BCUT2D eigenvalue weighted by Gasteiger charge is -2.15. The van der Waals surface area contributed by atoms with Gasteiger partial charge in [0, 0.05) is 34.8 Å². The Kier molecular flexibility index (Phi) is 7.73. The highest BCUT2D eigenvalue weighted by atomic mass is 32.1. The van der Waals surface area contributed by atoms with Gasteiger partial charge < -0.3 is 21.3 Å². The zero-order valence-corrected chi connectivity index (χ0v) is 16.9. The van der Waals surface area contributed by atoms with Gasteiger partial charge >= 0.3 is 0 Å². The Morgan fingerprint density at radius 3 is 1.31 bits per heavy atom. The van der Waals surface area contributed by atoms with Crippen LogP contribution in [0.25, 0.3) is 0 Å². The average molecular weight is 371 g/mol. The van der Waals surface area contributed by atoms with Crippen LogP contribution < -0.4 is 21.3 Å². The first-order valence-corrected chi connectivity index (χ1v) is 9.72. The van der Waals surface area contributed by atoms with Gasteiger partial charge in [0.25, 0.3) is 0 Å². The van der Waals surface area contributed by atoms with Gasteiger partial charge in [-0.3, -0.25) is 0 Å². The molecule has 4 N–H and O–H groups in total. The third-order valence-electron chi connectivity index (χ3n) is 4.34. The molecule has 0 saturated heterocycles. The van der Waals surface area contributed by atoms with Crippen LogP contribution in [-0.4, -0.2) is 17.2 Å². The van der Waals surface area contributed by atoms with Crippen molar-refractivity contribution >= 4 is 40.1 Å². The predicted molar refractivity (Wildman–Crippen MR) is 119 cm³/mol. The summed E-state index contributed by atoms with van der Waals surface area (Å²) in [5, 5.41) is 13.9. The van der Waals surface area contributed by atoms with E-state index in [0.29, 0.717) is 17.2 Å². The lowest BCUT2D eigenvalue weighted by Crippen LogP contribution is -2.19. The normalized spacial score (nSPS) is 12.8. The summed E-state index contributed by atoms with van der Waals surface area (Å²) in [4.78, 5) is 0. The van der Waals surface area contributed by atoms with Gasteiger partial charge in [-0.15, -0.1) is 0 Å². The van der Waals surface area contributed by atoms with Gasteiger partial charge in [-0.2, -0.15) is 0 Å². The molecule has 0 radical (unpaired) electrons. The van der Waals surface area contributed by atoms with Crippen LogP contribution in [0.1, 0.15) is 40.5 Å². The quantitative estimate of drug-likeness (QED) is 0.435. The Hall–Kier alpha value is -2.27. The summed E-state index contributed by atoms with van der Waals surface area (Å²) in [6.45, 7) is 8.69. The molecule has 2 unspecified atom stereocenters. The molecule has 0 aromatic heterocycles. The van der Waals surface area contributed by atoms with Crippen LogP contribution in [-0.2, 0) is 0 Å². The average Bonchev–Trinajstić information content (AvgIpc) is 2.64. The first kappa shape index (κ1) is 20.0. The highest BCUT2D eigenvalue weighted by molar-refractivity contribution is 7.80. The lowest BCUT2D eigenvalue weighted by atomic mass is 10.2. The molecule has 26 heavy (non-hydrogen) atoms. The molecule has 5 heteroatoms. The maximum atomic E-state index is 5.41. The molecule has 2 atom stereocenters. The van der Waals surface area contributed by atoms with Crippen LogP contribution in [0.4, 0.5) is 22.7 Å². The van der Waals surface area contributed by atoms with Crippen molar-refractivity contribution in [3.63, 3.8) is 0 Å². The zero-order chi connectivity index (χ0) is 18.9. The largest absolute Gasteiger partial charge is 0.383 e. The van der Waals surface area contributed by atoms with Crippen LogP contribution in [0.3, 0.4) is 0 Å². The first-order valence-electron chi connectivity index (χ1n) is 9.31. The fourth-order valence-electron chi connectivity index (χ4n) is 2.37. The van der Waals surface area contributed by atoms with Crippen molar-refractivity contribution in [2.75, 3.05) is 21.3 Å². The van der Waals surface area contributed by atoms with Gasteiger partial charge in [0.2, 0.25) is 0 Å². The third kappa shape index (κ3) is 6.56. The minimum Gasteiger partial charge on any atom is -0.383 e. The molecule has 2 aromatic rings. The van der Waals surface area contributed by atoms with Gasteiger partial charge in [0.1, 0.15) is 0 Å². The monoisotopic (exact) mass is 370 g/mol. The number of rotatable bonds is 8. The van der Waals surface area contributed by atoms with Gasteiger partial charge in [0.15, 0.2) is 5.11 Å². The van der Waals surface area contributed by atoms with Crippen molar-refractivity contribution in [1.82, 2.24) is 0 Å².